The first-order valence-electron chi connectivity index (χ1n) is 8.37. The lowest BCUT2D eigenvalue weighted by molar-refractivity contribution is -0.139. The van der Waals surface area contributed by atoms with Gasteiger partial charge in [0.25, 0.3) is 0 Å². The van der Waals surface area contributed by atoms with Crippen molar-refractivity contribution in [3.05, 3.63) is 0 Å². The average Bonchev–Trinajstić information content (AvgIpc) is 2.38. The predicted octanol–water partition coefficient (Wildman–Crippen LogP) is 5.56. The van der Waals surface area contributed by atoms with Gasteiger partial charge in [-0.2, -0.15) is 0 Å². The van der Waals surface area contributed by atoms with E-state index in [1.165, 1.54) is 25.7 Å². The molecule has 0 bridgehead atoms. The van der Waals surface area contributed by atoms with Crippen molar-refractivity contribution in [3.8, 4) is 0 Å². The number of unbranched alkanes of at least 4 members (excludes halogenated alkanes) is 7. The van der Waals surface area contributed by atoms with Gasteiger partial charge in [0, 0.05) is 12.8 Å². The van der Waals surface area contributed by atoms with Crippen LogP contribution in [0.1, 0.15) is 84.5 Å². The zero-order valence-corrected chi connectivity index (χ0v) is 16.1. The molecule has 0 rings (SSSR count). The molecule has 0 heterocycles. The third kappa shape index (κ3) is 19.5. The molecule has 0 saturated heterocycles. The molecule has 0 aliphatic rings. The van der Waals surface area contributed by atoms with Crippen molar-refractivity contribution in [2.24, 2.45) is 11.8 Å². The van der Waals surface area contributed by atoms with Crippen LogP contribution in [0.25, 0.3) is 0 Å². The van der Waals surface area contributed by atoms with Crippen LogP contribution in [-0.2, 0) is 9.59 Å². The average molecular weight is 373 g/mol. The Balaban J connectivity index is -0.00000200. The van der Waals surface area contributed by atoms with Crippen LogP contribution >= 0.6 is 24.8 Å². The lowest BCUT2D eigenvalue weighted by atomic mass is 9.87. The highest BCUT2D eigenvalue weighted by Gasteiger charge is 2.16. The fourth-order valence-corrected chi connectivity index (χ4v) is 2.64. The van der Waals surface area contributed by atoms with E-state index in [1.54, 1.807) is 0 Å². The molecule has 1 atom stereocenters. The highest BCUT2D eigenvalue weighted by Crippen LogP contribution is 2.22. The number of carboxylic acids is 2. The number of hydrogen-bond acceptors (Lipinski definition) is 2. The van der Waals surface area contributed by atoms with Gasteiger partial charge in [-0.05, 0) is 24.7 Å². The van der Waals surface area contributed by atoms with Crippen LogP contribution in [0, 0.1) is 11.8 Å². The van der Waals surface area contributed by atoms with Gasteiger partial charge in [0.05, 0.1) is 0 Å². The van der Waals surface area contributed by atoms with Gasteiger partial charge in [0.15, 0.2) is 0 Å². The van der Waals surface area contributed by atoms with Gasteiger partial charge in [-0.1, -0.05) is 58.8 Å². The van der Waals surface area contributed by atoms with Crippen molar-refractivity contribution in [3.63, 3.8) is 0 Å². The molecular weight excluding hydrogens is 339 g/mol. The maximum Gasteiger partial charge on any atom is 0.303 e. The van der Waals surface area contributed by atoms with Gasteiger partial charge >= 0.3 is 11.9 Å². The summed E-state index contributed by atoms with van der Waals surface area (Å²) in [6.07, 6.45) is 10.4. The first-order valence-corrected chi connectivity index (χ1v) is 8.37. The topological polar surface area (TPSA) is 74.6 Å². The number of hydrogen-bond donors (Lipinski definition) is 2. The molecule has 140 valence electrons. The van der Waals surface area contributed by atoms with E-state index in [1.807, 2.05) is 0 Å². The summed E-state index contributed by atoms with van der Waals surface area (Å²) in [4.78, 5) is 21.1. The molecule has 23 heavy (non-hydrogen) atoms. The fraction of sp³-hybridized carbons (Fsp3) is 0.882. The van der Waals surface area contributed by atoms with Gasteiger partial charge in [0.1, 0.15) is 0 Å². The molecule has 0 amide bonds. The van der Waals surface area contributed by atoms with Crippen LogP contribution in [0.4, 0.5) is 0 Å². The number of rotatable bonds is 14. The monoisotopic (exact) mass is 372 g/mol. The number of carboxylic acid groups (broad SMARTS) is 2. The van der Waals surface area contributed by atoms with Gasteiger partial charge in [-0.25, -0.2) is 0 Å². The molecule has 0 aliphatic heterocycles. The number of aliphatic carboxylic acids is 2. The third-order valence-electron chi connectivity index (χ3n) is 4.10. The highest BCUT2D eigenvalue weighted by molar-refractivity contribution is 5.85. The zero-order chi connectivity index (χ0) is 16.1. The van der Waals surface area contributed by atoms with Crippen molar-refractivity contribution in [1.29, 1.82) is 0 Å². The summed E-state index contributed by atoms with van der Waals surface area (Å²) in [6.45, 7) is 4.20. The van der Waals surface area contributed by atoms with E-state index in [4.69, 9.17) is 10.2 Å². The highest BCUT2D eigenvalue weighted by atomic mass is 35.5. The first kappa shape index (κ1) is 27.4. The Kier molecular flexibility index (Phi) is 21.3. The maximum atomic E-state index is 10.8. The van der Waals surface area contributed by atoms with Crippen molar-refractivity contribution in [2.75, 3.05) is 0 Å². The third-order valence-corrected chi connectivity index (χ3v) is 4.10. The second-order valence-electron chi connectivity index (χ2n) is 6.36. The Hall–Kier alpha value is -0.480. The Labute approximate surface area is 153 Å². The minimum absolute atomic E-state index is 0. The molecule has 4 nitrogen and oxygen atoms in total. The van der Waals surface area contributed by atoms with Crippen molar-refractivity contribution >= 4 is 36.8 Å². The van der Waals surface area contributed by atoms with E-state index < -0.39 is 11.9 Å². The molecule has 0 aromatic heterocycles. The van der Waals surface area contributed by atoms with Crippen molar-refractivity contribution in [2.45, 2.75) is 84.5 Å². The molecule has 0 radical (unpaired) electrons. The first-order chi connectivity index (χ1) is 9.93. The summed E-state index contributed by atoms with van der Waals surface area (Å²) >= 11 is 0. The van der Waals surface area contributed by atoms with E-state index in [0.29, 0.717) is 24.7 Å². The lowest BCUT2D eigenvalue weighted by Crippen LogP contribution is -2.13. The van der Waals surface area contributed by atoms with Gasteiger partial charge in [-0.15, -0.1) is 24.8 Å². The molecular formula is C17H34Cl2O4. The lowest BCUT2D eigenvalue weighted by Gasteiger charge is -2.18. The molecule has 1 unspecified atom stereocenters. The predicted molar refractivity (Wildman–Crippen MR) is 98.9 cm³/mol. The molecule has 0 saturated carbocycles. The van der Waals surface area contributed by atoms with Crippen molar-refractivity contribution in [1.82, 2.24) is 0 Å². The van der Waals surface area contributed by atoms with Crippen LogP contribution < -0.4 is 0 Å². The summed E-state index contributed by atoms with van der Waals surface area (Å²) in [6, 6.07) is 0. The molecule has 0 aromatic carbocycles. The summed E-state index contributed by atoms with van der Waals surface area (Å²) in [5, 5.41) is 17.4. The summed E-state index contributed by atoms with van der Waals surface area (Å²) in [5.74, 6) is -0.639. The molecule has 0 fully saturated rings. The summed E-state index contributed by atoms with van der Waals surface area (Å²) in [5.41, 5.74) is 0. The summed E-state index contributed by atoms with van der Waals surface area (Å²) < 4.78 is 0. The van der Waals surface area contributed by atoms with Gasteiger partial charge < -0.3 is 10.2 Å². The smallest absolute Gasteiger partial charge is 0.303 e. The van der Waals surface area contributed by atoms with Crippen LogP contribution in [0.2, 0.25) is 0 Å². The van der Waals surface area contributed by atoms with Gasteiger partial charge in [-0.3, -0.25) is 9.59 Å². The number of carbonyl (C=O) groups is 2. The van der Waals surface area contributed by atoms with Crippen LogP contribution in [0.5, 0.6) is 0 Å². The molecule has 0 spiro atoms. The largest absolute Gasteiger partial charge is 0.481 e. The molecule has 0 aromatic rings. The van der Waals surface area contributed by atoms with Crippen LogP contribution in [0.15, 0.2) is 0 Å². The Morgan fingerprint density at radius 3 is 1.57 bits per heavy atom. The van der Waals surface area contributed by atoms with E-state index in [9.17, 15) is 9.59 Å². The quantitative estimate of drug-likeness (QED) is 0.391. The second-order valence-corrected chi connectivity index (χ2v) is 6.36. The zero-order valence-electron chi connectivity index (χ0n) is 14.5. The normalized spacial score (nSPS) is 11.4. The molecule has 0 aliphatic carbocycles. The molecule has 6 heteroatoms. The van der Waals surface area contributed by atoms with Crippen LogP contribution in [0.3, 0.4) is 0 Å². The fourth-order valence-electron chi connectivity index (χ4n) is 2.64. The Morgan fingerprint density at radius 1 is 0.739 bits per heavy atom. The maximum absolute atomic E-state index is 10.8. The molecule has 2 N–H and O–H groups in total. The van der Waals surface area contributed by atoms with E-state index in [0.717, 1.165) is 32.1 Å². The van der Waals surface area contributed by atoms with Gasteiger partial charge in [0.2, 0.25) is 0 Å². The minimum Gasteiger partial charge on any atom is -0.481 e. The summed E-state index contributed by atoms with van der Waals surface area (Å²) in [7, 11) is 0. The second kappa shape index (κ2) is 17.9. The van der Waals surface area contributed by atoms with E-state index in [2.05, 4.69) is 13.8 Å². The van der Waals surface area contributed by atoms with Crippen molar-refractivity contribution < 1.29 is 19.8 Å². The standard InChI is InChI=1S/C17H32O4.2ClH/c1-14(2)15(13-17(20)21)11-9-7-5-3-4-6-8-10-12-16(18)19;;/h14-15H,3-13H2,1-2H3,(H,18,19)(H,20,21);2*1H. The Bertz CT molecular complexity index is 296. The number of halogens is 2. The SMILES string of the molecule is CC(C)C(CCCCCCCCCCC(=O)O)CC(=O)O.Cl.Cl. The van der Waals surface area contributed by atoms with Crippen LogP contribution in [-0.4, -0.2) is 22.2 Å². The van der Waals surface area contributed by atoms with E-state index in [-0.39, 0.29) is 24.8 Å². The Morgan fingerprint density at radius 2 is 1.17 bits per heavy atom. The van der Waals surface area contributed by atoms with E-state index >= 15 is 0 Å². The minimum atomic E-state index is -0.698.